The molecule has 0 bridgehead atoms. The van der Waals surface area contributed by atoms with Crippen LogP contribution in [0.5, 0.6) is 0 Å². The van der Waals surface area contributed by atoms with E-state index < -0.39 is 0 Å². The molecule has 0 amide bonds. The van der Waals surface area contributed by atoms with Crippen molar-refractivity contribution in [1.82, 2.24) is 5.32 Å². The number of rotatable bonds is 3. The second kappa shape index (κ2) is 3.93. The van der Waals surface area contributed by atoms with Gasteiger partial charge in [0, 0.05) is 6.42 Å². The maximum atomic E-state index is 11.7. The van der Waals surface area contributed by atoms with Crippen molar-refractivity contribution in [2.45, 2.75) is 25.8 Å². The lowest BCUT2D eigenvalue weighted by Gasteiger charge is -2.26. The molecule has 1 saturated heterocycles. The lowest BCUT2D eigenvalue weighted by Crippen LogP contribution is -2.49. The molecule has 1 aliphatic rings. The van der Waals surface area contributed by atoms with Crippen molar-refractivity contribution >= 4 is 5.78 Å². The molecule has 0 radical (unpaired) electrons. The van der Waals surface area contributed by atoms with Crippen molar-refractivity contribution in [3.63, 3.8) is 0 Å². The quantitative estimate of drug-likeness (QED) is 0.780. The topological polar surface area (TPSA) is 29.1 Å². The first-order valence-electron chi connectivity index (χ1n) is 5.08. The van der Waals surface area contributed by atoms with Crippen molar-refractivity contribution < 1.29 is 4.79 Å². The van der Waals surface area contributed by atoms with Crippen LogP contribution in [0.25, 0.3) is 0 Å². The van der Waals surface area contributed by atoms with Gasteiger partial charge in [0.1, 0.15) is 0 Å². The number of hydrogen-bond donors (Lipinski definition) is 1. The Kier molecular flexibility index (Phi) is 2.64. The molecule has 14 heavy (non-hydrogen) atoms. The fourth-order valence-corrected chi connectivity index (χ4v) is 1.68. The van der Waals surface area contributed by atoms with Crippen LogP contribution in [-0.4, -0.2) is 18.4 Å². The Hall–Kier alpha value is -1.15. The molecule has 2 rings (SSSR count). The molecule has 1 unspecified atom stereocenters. The Morgan fingerprint density at radius 3 is 2.79 bits per heavy atom. The number of Topliss-reactive ketones (excluding diaryl/α,β-unsaturated/α-hetero) is 1. The molecular weight excluding hydrogens is 174 g/mol. The standard InChI is InChI=1S/C12H15NO/c1-9-4-2-3-5-10(9)8-12(14)11-6-7-13-11/h2-5,11,13H,6-8H2,1H3. The Bertz CT molecular complexity index is 342. The lowest BCUT2D eigenvalue weighted by molar-refractivity contribution is -0.121. The molecule has 0 aliphatic carbocycles. The second-order valence-corrected chi connectivity index (χ2v) is 3.86. The fourth-order valence-electron chi connectivity index (χ4n) is 1.68. The highest BCUT2D eigenvalue weighted by molar-refractivity contribution is 5.87. The average Bonchev–Trinajstić information content (AvgIpc) is 2.05. The average molecular weight is 189 g/mol. The number of carbonyl (C=O) groups excluding carboxylic acids is 1. The van der Waals surface area contributed by atoms with Gasteiger partial charge in [-0.1, -0.05) is 24.3 Å². The number of carbonyl (C=O) groups is 1. The summed E-state index contributed by atoms with van der Waals surface area (Å²) < 4.78 is 0. The minimum absolute atomic E-state index is 0.120. The summed E-state index contributed by atoms with van der Waals surface area (Å²) in [6.07, 6.45) is 1.58. The highest BCUT2D eigenvalue weighted by Crippen LogP contribution is 2.12. The normalized spacial score (nSPS) is 20.2. The highest BCUT2D eigenvalue weighted by Gasteiger charge is 2.24. The molecule has 1 aliphatic heterocycles. The molecule has 1 aromatic carbocycles. The molecule has 0 spiro atoms. The molecule has 0 aromatic heterocycles. The van der Waals surface area contributed by atoms with Crippen LogP contribution in [0.15, 0.2) is 24.3 Å². The van der Waals surface area contributed by atoms with Gasteiger partial charge in [-0.05, 0) is 31.0 Å². The van der Waals surface area contributed by atoms with Crippen LogP contribution >= 0.6 is 0 Å². The van der Waals surface area contributed by atoms with Gasteiger partial charge in [-0.3, -0.25) is 4.79 Å². The zero-order valence-corrected chi connectivity index (χ0v) is 8.42. The van der Waals surface area contributed by atoms with Crippen molar-refractivity contribution in [1.29, 1.82) is 0 Å². The summed E-state index contributed by atoms with van der Waals surface area (Å²) in [5.41, 5.74) is 2.37. The summed E-state index contributed by atoms with van der Waals surface area (Å²) in [6.45, 7) is 3.04. The molecular formula is C12H15NO. The number of benzene rings is 1. The molecule has 2 heteroatoms. The van der Waals surface area contributed by atoms with Gasteiger partial charge >= 0.3 is 0 Å². The van der Waals surface area contributed by atoms with Gasteiger partial charge in [0.05, 0.1) is 6.04 Å². The van der Waals surface area contributed by atoms with Crippen LogP contribution in [0.4, 0.5) is 0 Å². The van der Waals surface area contributed by atoms with Gasteiger partial charge in [0.15, 0.2) is 5.78 Å². The van der Waals surface area contributed by atoms with Gasteiger partial charge in [0.2, 0.25) is 0 Å². The molecule has 2 nitrogen and oxygen atoms in total. The van der Waals surface area contributed by atoms with E-state index in [-0.39, 0.29) is 6.04 Å². The van der Waals surface area contributed by atoms with Crippen molar-refractivity contribution in [3.05, 3.63) is 35.4 Å². The number of ketones is 1. The van der Waals surface area contributed by atoms with Gasteiger partial charge in [-0.15, -0.1) is 0 Å². The van der Waals surface area contributed by atoms with Gasteiger partial charge in [-0.25, -0.2) is 0 Å². The molecule has 1 N–H and O–H groups in total. The summed E-state index contributed by atoms with van der Waals surface area (Å²) in [6, 6.07) is 8.20. The van der Waals surface area contributed by atoms with Gasteiger partial charge < -0.3 is 5.32 Å². The Morgan fingerprint density at radius 1 is 1.50 bits per heavy atom. The summed E-state index contributed by atoms with van der Waals surface area (Å²) in [5.74, 6) is 0.325. The molecule has 1 atom stereocenters. The lowest BCUT2D eigenvalue weighted by atomic mass is 9.95. The molecule has 1 aromatic rings. The van der Waals surface area contributed by atoms with Crippen LogP contribution in [-0.2, 0) is 11.2 Å². The summed E-state index contributed by atoms with van der Waals surface area (Å²) in [4.78, 5) is 11.7. The van der Waals surface area contributed by atoms with E-state index in [1.54, 1.807) is 0 Å². The zero-order chi connectivity index (χ0) is 9.97. The molecule has 1 fully saturated rings. The third-order valence-corrected chi connectivity index (χ3v) is 2.84. The number of aryl methyl sites for hydroxylation is 1. The Labute approximate surface area is 84.3 Å². The summed E-state index contributed by atoms with van der Waals surface area (Å²) in [7, 11) is 0. The van der Waals surface area contributed by atoms with Crippen molar-refractivity contribution in [2.24, 2.45) is 0 Å². The van der Waals surface area contributed by atoms with E-state index in [0.717, 1.165) is 18.5 Å². The minimum Gasteiger partial charge on any atom is -0.307 e. The first kappa shape index (κ1) is 9.41. The maximum Gasteiger partial charge on any atom is 0.154 e. The largest absolute Gasteiger partial charge is 0.307 e. The Morgan fingerprint density at radius 2 is 2.21 bits per heavy atom. The predicted octanol–water partition coefficient (Wildman–Crippen LogP) is 1.47. The van der Waals surface area contributed by atoms with E-state index in [2.05, 4.69) is 18.3 Å². The third kappa shape index (κ3) is 1.85. The fraction of sp³-hybridized carbons (Fsp3) is 0.417. The number of hydrogen-bond acceptors (Lipinski definition) is 2. The van der Waals surface area contributed by atoms with Crippen LogP contribution in [0, 0.1) is 6.92 Å². The van der Waals surface area contributed by atoms with E-state index in [0.29, 0.717) is 12.2 Å². The molecule has 74 valence electrons. The first-order chi connectivity index (χ1) is 6.77. The maximum absolute atomic E-state index is 11.7. The third-order valence-electron chi connectivity index (χ3n) is 2.84. The summed E-state index contributed by atoms with van der Waals surface area (Å²) in [5, 5.41) is 3.14. The van der Waals surface area contributed by atoms with Crippen LogP contribution in [0.1, 0.15) is 17.5 Å². The van der Waals surface area contributed by atoms with E-state index in [9.17, 15) is 4.79 Å². The minimum atomic E-state index is 0.120. The van der Waals surface area contributed by atoms with E-state index >= 15 is 0 Å². The monoisotopic (exact) mass is 189 g/mol. The smallest absolute Gasteiger partial charge is 0.154 e. The van der Waals surface area contributed by atoms with Gasteiger partial charge in [0.25, 0.3) is 0 Å². The van der Waals surface area contributed by atoms with Crippen LogP contribution in [0.2, 0.25) is 0 Å². The van der Waals surface area contributed by atoms with Crippen LogP contribution in [0.3, 0.4) is 0 Å². The summed E-state index contributed by atoms with van der Waals surface area (Å²) >= 11 is 0. The van der Waals surface area contributed by atoms with E-state index in [4.69, 9.17) is 0 Å². The van der Waals surface area contributed by atoms with Crippen molar-refractivity contribution in [3.8, 4) is 0 Å². The highest BCUT2D eigenvalue weighted by atomic mass is 16.1. The number of nitrogens with one attached hydrogen (secondary N) is 1. The molecule has 1 heterocycles. The van der Waals surface area contributed by atoms with E-state index in [1.807, 2.05) is 18.2 Å². The van der Waals surface area contributed by atoms with Crippen molar-refractivity contribution in [2.75, 3.05) is 6.54 Å². The zero-order valence-electron chi connectivity index (χ0n) is 8.42. The van der Waals surface area contributed by atoms with Gasteiger partial charge in [-0.2, -0.15) is 0 Å². The predicted molar refractivity (Wildman–Crippen MR) is 56.3 cm³/mol. The Balaban J connectivity index is 2.03. The molecule has 0 saturated carbocycles. The first-order valence-corrected chi connectivity index (χ1v) is 5.08. The van der Waals surface area contributed by atoms with E-state index in [1.165, 1.54) is 5.56 Å². The van der Waals surface area contributed by atoms with Crippen LogP contribution < -0.4 is 5.32 Å². The second-order valence-electron chi connectivity index (χ2n) is 3.86. The SMILES string of the molecule is Cc1ccccc1CC(=O)C1CCN1.